The second-order valence-electron chi connectivity index (χ2n) is 7.24. The number of nitrogens with one attached hydrogen (secondary N) is 2. The van der Waals surface area contributed by atoms with Crippen molar-refractivity contribution in [1.82, 2.24) is 10.6 Å². The number of Topliss-reactive ketones (excluding diaryl/α,β-unsaturated/α-hetero) is 1. The highest BCUT2D eigenvalue weighted by Crippen LogP contribution is 2.17. The third kappa shape index (κ3) is 7.13. The van der Waals surface area contributed by atoms with Gasteiger partial charge in [0.25, 0.3) is 5.91 Å². The standard InChI is InChI=1S/C21H28N2O5/c1-14-8-9-16(12-15(14)2)18(24)10-11-20(26)28-13-19(25)23-21(27)22-17-6-4-3-5-7-17/h8-9,12,17H,3-7,10-11,13H2,1-2H3,(H2,22,23,25,27). The third-order valence-corrected chi connectivity index (χ3v) is 4.94. The van der Waals surface area contributed by atoms with Gasteiger partial charge >= 0.3 is 12.0 Å². The molecule has 7 nitrogen and oxygen atoms in total. The molecule has 152 valence electrons. The molecule has 1 aliphatic rings. The van der Waals surface area contributed by atoms with Crippen LogP contribution in [0.4, 0.5) is 4.79 Å². The highest BCUT2D eigenvalue weighted by molar-refractivity contribution is 5.98. The van der Waals surface area contributed by atoms with Crippen LogP contribution in [0.5, 0.6) is 0 Å². The Hall–Kier alpha value is -2.70. The molecule has 1 saturated carbocycles. The van der Waals surface area contributed by atoms with Crippen molar-refractivity contribution < 1.29 is 23.9 Å². The minimum absolute atomic E-state index is 0.00508. The van der Waals surface area contributed by atoms with Crippen LogP contribution in [0.15, 0.2) is 18.2 Å². The second kappa shape index (κ2) is 10.6. The van der Waals surface area contributed by atoms with Gasteiger partial charge in [-0.2, -0.15) is 0 Å². The quantitative estimate of drug-likeness (QED) is 0.552. The topological polar surface area (TPSA) is 102 Å². The fourth-order valence-electron chi connectivity index (χ4n) is 3.12. The van der Waals surface area contributed by atoms with Gasteiger partial charge in [-0.3, -0.25) is 19.7 Å². The first-order chi connectivity index (χ1) is 13.3. The van der Waals surface area contributed by atoms with Crippen LogP contribution in [0.2, 0.25) is 0 Å². The molecule has 0 atom stereocenters. The number of urea groups is 1. The largest absolute Gasteiger partial charge is 0.456 e. The van der Waals surface area contributed by atoms with E-state index >= 15 is 0 Å². The van der Waals surface area contributed by atoms with E-state index in [-0.39, 0.29) is 24.7 Å². The maximum absolute atomic E-state index is 12.1. The van der Waals surface area contributed by atoms with Gasteiger partial charge < -0.3 is 10.1 Å². The molecule has 3 amide bonds. The molecule has 0 spiro atoms. The zero-order valence-corrected chi connectivity index (χ0v) is 16.5. The molecule has 2 N–H and O–H groups in total. The molecule has 0 bridgehead atoms. The van der Waals surface area contributed by atoms with Crippen molar-refractivity contribution in [3.63, 3.8) is 0 Å². The van der Waals surface area contributed by atoms with Crippen molar-refractivity contribution in [2.45, 2.75) is 64.8 Å². The van der Waals surface area contributed by atoms with Crippen molar-refractivity contribution in [2.24, 2.45) is 0 Å². The lowest BCUT2D eigenvalue weighted by atomic mass is 9.96. The Balaban J connectivity index is 1.65. The summed E-state index contributed by atoms with van der Waals surface area (Å²) in [4.78, 5) is 47.4. The van der Waals surface area contributed by atoms with Gasteiger partial charge in [0.05, 0.1) is 6.42 Å². The van der Waals surface area contributed by atoms with E-state index in [9.17, 15) is 19.2 Å². The summed E-state index contributed by atoms with van der Waals surface area (Å²) in [6.07, 6.45) is 5.00. The summed E-state index contributed by atoms with van der Waals surface area (Å²) in [5, 5.41) is 4.90. The molecule has 0 saturated heterocycles. The highest BCUT2D eigenvalue weighted by atomic mass is 16.5. The van der Waals surface area contributed by atoms with Crippen LogP contribution in [0, 0.1) is 13.8 Å². The van der Waals surface area contributed by atoms with Crippen LogP contribution >= 0.6 is 0 Å². The van der Waals surface area contributed by atoms with E-state index in [1.807, 2.05) is 19.9 Å². The summed E-state index contributed by atoms with van der Waals surface area (Å²) < 4.78 is 4.84. The fourth-order valence-corrected chi connectivity index (χ4v) is 3.12. The highest BCUT2D eigenvalue weighted by Gasteiger charge is 2.18. The van der Waals surface area contributed by atoms with Gasteiger partial charge in [0.15, 0.2) is 12.4 Å². The van der Waals surface area contributed by atoms with Crippen molar-refractivity contribution in [2.75, 3.05) is 6.61 Å². The van der Waals surface area contributed by atoms with Gasteiger partial charge in [0, 0.05) is 18.0 Å². The summed E-state index contributed by atoms with van der Waals surface area (Å²) in [6, 6.07) is 4.90. The number of aryl methyl sites for hydroxylation is 2. The third-order valence-electron chi connectivity index (χ3n) is 4.94. The van der Waals surface area contributed by atoms with Crippen molar-refractivity contribution in [3.05, 3.63) is 34.9 Å². The average molecular weight is 388 g/mol. The number of carbonyl (C=O) groups is 4. The molecule has 7 heteroatoms. The summed E-state index contributed by atoms with van der Waals surface area (Å²) in [5.41, 5.74) is 2.65. The molecule has 0 unspecified atom stereocenters. The van der Waals surface area contributed by atoms with E-state index in [0.29, 0.717) is 5.56 Å². The number of benzene rings is 1. The lowest BCUT2D eigenvalue weighted by Crippen LogP contribution is -2.46. The molecule has 1 aromatic rings. The summed E-state index contributed by atoms with van der Waals surface area (Å²) in [5.74, 6) is -1.50. The summed E-state index contributed by atoms with van der Waals surface area (Å²) in [6.45, 7) is 3.33. The van der Waals surface area contributed by atoms with E-state index in [1.54, 1.807) is 12.1 Å². The number of amides is 3. The number of carbonyl (C=O) groups excluding carboxylic acids is 4. The molecule has 1 aromatic carbocycles. The smallest absolute Gasteiger partial charge is 0.321 e. The fraction of sp³-hybridized carbons (Fsp3) is 0.524. The van der Waals surface area contributed by atoms with Gasteiger partial charge in [-0.15, -0.1) is 0 Å². The maximum Gasteiger partial charge on any atom is 0.321 e. The Morgan fingerprint density at radius 3 is 2.39 bits per heavy atom. The SMILES string of the molecule is Cc1ccc(C(=O)CCC(=O)OCC(=O)NC(=O)NC2CCCCC2)cc1C. The van der Waals surface area contributed by atoms with Crippen LogP contribution in [-0.2, 0) is 14.3 Å². The predicted molar refractivity (Wildman–Crippen MR) is 104 cm³/mol. The van der Waals surface area contributed by atoms with Crippen LogP contribution in [0.1, 0.15) is 66.4 Å². The monoisotopic (exact) mass is 388 g/mol. The van der Waals surface area contributed by atoms with Gasteiger partial charge in [0.2, 0.25) is 0 Å². The van der Waals surface area contributed by atoms with Crippen molar-refractivity contribution >= 4 is 23.7 Å². The molecular formula is C21H28N2O5. The van der Waals surface area contributed by atoms with Crippen LogP contribution in [0.25, 0.3) is 0 Å². The molecule has 1 fully saturated rings. The summed E-state index contributed by atoms with van der Waals surface area (Å²) in [7, 11) is 0. The van der Waals surface area contributed by atoms with Gasteiger partial charge in [0.1, 0.15) is 0 Å². The minimum atomic E-state index is -0.692. The molecule has 0 aliphatic heterocycles. The minimum Gasteiger partial charge on any atom is -0.456 e. The van der Waals surface area contributed by atoms with Crippen LogP contribution in [-0.4, -0.2) is 36.3 Å². The molecule has 1 aliphatic carbocycles. The molecule has 0 heterocycles. The number of hydrogen-bond donors (Lipinski definition) is 2. The molecule has 0 radical (unpaired) electrons. The van der Waals surface area contributed by atoms with Gasteiger partial charge in [-0.1, -0.05) is 31.4 Å². The normalized spacial score (nSPS) is 14.2. The molecular weight excluding hydrogens is 360 g/mol. The number of rotatable bonds is 7. The van der Waals surface area contributed by atoms with E-state index in [4.69, 9.17) is 4.74 Å². The number of hydrogen-bond acceptors (Lipinski definition) is 5. The molecule has 0 aromatic heterocycles. The van der Waals surface area contributed by atoms with Crippen LogP contribution in [0.3, 0.4) is 0 Å². The zero-order valence-electron chi connectivity index (χ0n) is 16.5. The van der Waals surface area contributed by atoms with Crippen molar-refractivity contribution in [1.29, 1.82) is 0 Å². The van der Waals surface area contributed by atoms with Gasteiger partial charge in [-0.05, 0) is 43.9 Å². The Labute approximate surface area is 165 Å². The number of ketones is 1. The number of imide groups is 1. The number of ether oxygens (including phenoxy) is 1. The van der Waals surface area contributed by atoms with Crippen LogP contribution < -0.4 is 10.6 Å². The first-order valence-electron chi connectivity index (χ1n) is 9.71. The van der Waals surface area contributed by atoms with Gasteiger partial charge in [-0.25, -0.2) is 4.79 Å². The molecule has 2 rings (SSSR count). The van der Waals surface area contributed by atoms with E-state index in [2.05, 4.69) is 10.6 Å². The Morgan fingerprint density at radius 1 is 1.00 bits per heavy atom. The lowest BCUT2D eigenvalue weighted by Gasteiger charge is -2.22. The Kier molecular flexibility index (Phi) is 8.17. The van der Waals surface area contributed by atoms with E-state index in [1.165, 1.54) is 6.42 Å². The Bertz CT molecular complexity index is 738. The molecule has 28 heavy (non-hydrogen) atoms. The maximum atomic E-state index is 12.1. The van der Waals surface area contributed by atoms with E-state index < -0.39 is 24.5 Å². The second-order valence-corrected chi connectivity index (χ2v) is 7.24. The summed E-state index contributed by atoms with van der Waals surface area (Å²) >= 11 is 0. The zero-order chi connectivity index (χ0) is 20.5. The lowest BCUT2D eigenvalue weighted by molar-refractivity contribution is -0.148. The van der Waals surface area contributed by atoms with E-state index in [0.717, 1.165) is 36.8 Å². The Morgan fingerprint density at radius 2 is 1.71 bits per heavy atom. The average Bonchev–Trinajstić information content (AvgIpc) is 2.67. The van der Waals surface area contributed by atoms with Crippen molar-refractivity contribution in [3.8, 4) is 0 Å². The first kappa shape index (κ1) is 21.6. The number of esters is 1. The predicted octanol–water partition coefficient (Wildman–Crippen LogP) is 2.97. The first-order valence-corrected chi connectivity index (χ1v) is 9.71.